The molecule has 0 saturated carbocycles. The normalized spacial score (nSPS) is 12.1. The van der Waals surface area contributed by atoms with Crippen molar-refractivity contribution < 1.29 is 14.2 Å². The smallest absolute Gasteiger partial charge is 0.271 e. The van der Waals surface area contributed by atoms with Crippen LogP contribution in [0.25, 0.3) is 22.2 Å². The Morgan fingerprint density at radius 1 is 1.00 bits per heavy atom. The van der Waals surface area contributed by atoms with E-state index in [1.807, 2.05) is 12.1 Å². The number of non-ortho nitro benzene ring substituents is 1. The maximum absolute atomic E-state index is 13.2. The maximum Gasteiger partial charge on any atom is 0.271 e. The number of nitro groups is 1. The summed E-state index contributed by atoms with van der Waals surface area (Å²) in [6, 6.07) is 16.8. The summed E-state index contributed by atoms with van der Waals surface area (Å²) in [7, 11) is 0. The van der Waals surface area contributed by atoms with Gasteiger partial charge >= 0.3 is 0 Å². The molecule has 0 bridgehead atoms. The molecule has 0 unspecified atom stereocenters. The summed E-state index contributed by atoms with van der Waals surface area (Å²) in [5, 5.41) is 18.9. The van der Waals surface area contributed by atoms with E-state index < -0.39 is 4.92 Å². The number of ketones is 1. The van der Waals surface area contributed by atoms with Gasteiger partial charge in [-0.05, 0) is 18.2 Å². The van der Waals surface area contributed by atoms with E-state index in [4.69, 9.17) is 4.52 Å². The highest BCUT2D eigenvalue weighted by Gasteiger charge is 2.31. The zero-order chi connectivity index (χ0) is 18.5. The molecule has 7 nitrogen and oxygen atoms in total. The molecule has 0 spiro atoms. The Morgan fingerprint density at radius 3 is 2.63 bits per heavy atom. The molecule has 27 heavy (non-hydrogen) atoms. The summed E-state index contributed by atoms with van der Waals surface area (Å²) in [5.74, 6) is 0.415. The Bertz CT molecular complexity index is 1260. The highest BCUT2D eigenvalue weighted by molar-refractivity contribution is 6.27. The van der Waals surface area contributed by atoms with Gasteiger partial charge in [0.15, 0.2) is 11.5 Å². The summed E-state index contributed by atoms with van der Waals surface area (Å²) in [6.07, 6.45) is 0. The lowest BCUT2D eigenvalue weighted by Crippen LogP contribution is -2.11. The minimum Gasteiger partial charge on any atom is -0.355 e. The number of rotatable bonds is 3. The van der Waals surface area contributed by atoms with Gasteiger partial charge in [0.1, 0.15) is 5.52 Å². The Morgan fingerprint density at radius 2 is 1.81 bits per heavy atom. The molecule has 0 radical (unpaired) electrons. The number of carbonyl (C=O) groups excluding carboxylic acids is 1. The standard InChI is InChI=1S/C20H11N3O4/c24-19-13-6-1-2-7-14(13)20-18-16(22-27-20)9-8-15(17(18)19)21-11-4-3-5-12(10-11)23(25)26/h1-10,21H. The highest BCUT2D eigenvalue weighted by Crippen LogP contribution is 2.42. The summed E-state index contributed by atoms with van der Waals surface area (Å²) >= 11 is 0. The van der Waals surface area contributed by atoms with Crippen LogP contribution in [0.15, 0.2) is 65.2 Å². The van der Waals surface area contributed by atoms with Gasteiger partial charge in [0.2, 0.25) is 0 Å². The number of hydrogen-bond acceptors (Lipinski definition) is 6. The van der Waals surface area contributed by atoms with E-state index in [0.29, 0.717) is 44.7 Å². The minimum atomic E-state index is -0.460. The quantitative estimate of drug-likeness (QED) is 0.371. The highest BCUT2D eigenvalue weighted by atomic mass is 16.6. The third-order valence-corrected chi connectivity index (χ3v) is 4.63. The van der Waals surface area contributed by atoms with Crippen LogP contribution < -0.4 is 5.32 Å². The molecule has 0 amide bonds. The molecule has 130 valence electrons. The fourth-order valence-electron chi connectivity index (χ4n) is 3.43. The first-order valence-electron chi connectivity index (χ1n) is 8.21. The van der Waals surface area contributed by atoms with E-state index in [1.54, 1.807) is 36.4 Å². The fraction of sp³-hybridized carbons (Fsp3) is 0. The lowest BCUT2D eigenvalue weighted by atomic mass is 9.87. The first-order chi connectivity index (χ1) is 13.1. The van der Waals surface area contributed by atoms with Crippen LogP contribution in [0.5, 0.6) is 0 Å². The zero-order valence-electron chi connectivity index (χ0n) is 13.8. The maximum atomic E-state index is 13.2. The van der Waals surface area contributed by atoms with Crippen molar-refractivity contribution in [2.45, 2.75) is 0 Å². The van der Waals surface area contributed by atoms with Gasteiger partial charge < -0.3 is 9.84 Å². The fourth-order valence-corrected chi connectivity index (χ4v) is 3.43. The molecule has 1 aliphatic carbocycles. The Kier molecular flexibility index (Phi) is 3.11. The monoisotopic (exact) mass is 357 g/mol. The van der Waals surface area contributed by atoms with E-state index >= 15 is 0 Å². The summed E-state index contributed by atoms with van der Waals surface area (Å²) < 4.78 is 5.51. The van der Waals surface area contributed by atoms with Crippen molar-refractivity contribution >= 4 is 33.7 Å². The van der Waals surface area contributed by atoms with Gasteiger partial charge in [-0.15, -0.1) is 0 Å². The van der Waals surface area contributed by atoms with E-state index in [9.17, 15) is 14.9 Å². The van der Waals surface area contributed by atoms with Crippen LogP contribution in [-0.2, 0) is 0 Å². The predicted molar refractivity (Wildman–Crippen MR) is 99.3 cm³/mol. The molecule has 1 heterocycles. The van der Waals surface area contributed by atoms with Crippen molar-refractivity contribution in [3.05, 3.63) is 81.9 Å². The first kappa shape index (κ1) is 15.3. The van der Waals surface area contributed by atoms with Gasteiger partial charge in [0.25, 0.3) is 5.69 Å². The molecular formula is C20H11N3O4. The lowest BCUT2D eigenvalue weighted by Gasteiger charge is -2.17. The number of nitrogens with zero attached hydrogens (tertiary/aromatic N) is 2. The molecule has 0 fully saturated rings. The van der Waals surface area contributed by atoms with Crippen molar-refractivity contribution in [2.75, 3.05) is 5.32 Å². The zero-order valence-corrected chi connectivity index (χ0v) is 13.8. The van der Waals surface area contributed by atoms with E-state index in [-0.39, 0.29) is 11.5 Å². The molecule has 7 heteroatoms. The number of aromatic nitrogens is 1. The molecule has 3 aromatic carbocycles. The average molecular weight is 357 g/mol. The van der Waals surface area contributed by atoms with Crippen LogP contribution >= 0.6 is 0 Å². The van der Waals surface area contributed by atoms with E-state index in [0.717, 1.165) is 0 Å². The van der Waals surface area contributed by atoms with Gasteiger partial charge in [-0.2, -0.15) is 0 Å². The van der Waals surface area contributed by atoms with Crippen LogP contribution in [0, 0.1) is 10.1 Å². The number of carbonyl (C=O) groups is 1. The number of nitro benzene ring substituents is 1. The third kappa shape index (κ3) is 2.22. The second-order valence-corrected chi connectivity index (χ2v) is 6.20. The second-order valence-electron chi connectivity index (χ2n) is 6.20. The van der Waals surface area contributed by atoms with Crippen LogP contribution in [-0.4, -0.2) is 15.9 Å². The van der Waals surface area contributed by atoms with Gasteiger partial charge in [-0.25, -0.2) is 0 Å². The number of nitrogens with one attached hydrogen (secondary N) is 1. The van der Waals surface area contributed by atoms with Crippen molar-refractivity contribution in [1.29, 1.82) is 0 Å². The molecule has 0 atom stereocenters. The second kappa shape index (κ2) is 5.50. The Labute approximate surface area is 152 Å². The van der Waals surface area contributed by atoms with Crippen molar-refractivity contribution in [1.82, 2.24) is 5.16 Å². The Hall–Kier alpha value is -4.00. The van der Waals surface area contributed by atoms with Crippen molar-refractivity contribution in [3.63, 3.8) is 0 Å². The molecule has 1 aliphatic rings. The predicted octanol–water partition coefficient (Wildman–Crippen LogP) is 4.69. The minimum absolute atomic E-state index is 0.0305. The first-order valence-corrected chi connectivity index (χ1v) is 8.21. The third-order valence-electron chi connectivity index (χ3n) is 4.63. The average Bonchev–Trinajstić information content (AvgIpc) is 3.11. The number of anilines is 2. The topological polar surface area (TPSA) is 98.3 Å². The molecule has 0 saturated heterocycles. The van der Waals surface area contributed by atoms with Crippen LogP contribution in [0.2, 0.25) is 0 Å². The number of hydrogen-bond donors (Lipinski definition) is 1. The van der Waals surface area contributed by atoms with E-state index in [2.05, 4.69) is 10.5 Å². The van der Waals surface area contributed by atoms with Crippen LogP contribution in [0.1, 0.15) is 15.9 Å². The van der Waals surface area contributed by atoms with Gasteiger partial charge in [-0.1, -0.05) is 35.5 Å². The van der Waals surface area contributed by atoms with Gasteiger partial charge in [0.05, 0.1) is 21.6 Å². The number of fused-ring (bicyclic) bond motifs is 2. The largest absolute Gasteiger partial charge is 0.355 e. The van der Waals surface area contributed by atoms with Crippen molar-refractivity contribution in [3.8, 4) is 11.3 Å². The summed E-state index contributed by atoms with van der Waals surface area (Å²) in [5.41, 5.74) is 3.33. The van der Waals surface area contributed by atoms with Crippen molar-refractivity contribution in [2.24, 2.45) is 0 Å². The Balaban J connectivity index is 1.71. The SMILES string of the molecule is O=C1c2ccccc2-c2onc3ccc(Nc4cccc([N+](=O)[O-])c4)c1c23. The molecule has 5 rings (SSSR count). The van der Waals surface area contributed by atoms with Crippen LogP contribution in [0.3, 0.4) is 0 Å². The molecule has 4 aromatic rings. The molecule has 0 aliphatic heterocycles. The molecule has 1 aromatic heterocycles. The van der Waals surface area contributed by atoms with E-state index in [1.165, 1.54) is 12.1 Å². The lowest BCUT2D eigenvalue weighted by molar-refractivity contribution is -0.384. The van der Waals surface area contributed by atoms with Crippen LogP contribution in [0.4, 0.5) is 17.1 Å². The molecule has 1 N–H and O–H groups in total. The summed E-state index contributed by atoms with van der Waals surface area (Å²) in [6.45, 7) is 0. The molecular weight excluding hydrogens is 346 g/mol. The number of benzene rings is 3. The van der Waals surface area contributed by atoms with Gasteiger partial charge in [-0.3, -0.25) is 14.9 Å². The summed E-state index contributed by atoms with van der Waals surface area (Å²) in [4.78, 5) is 23.7. The van der Waals surface area contributed by atoms with Gasteiger partial charge in [0, 0.05) is 28.9 Å².